The number of aliphatic hydroxyl groups is 20. The predicted molar refractivity (Wildman–Crippen MR) is 349 cm³/mol. The van der Waals surface area contributed by atoms with E-state index in [1.165, 1.54) is 14.0 Å². The van der Waals surface area contributed by atoms with Gasteiger partial charge in [-0.1, -0.05) is 0 Å². The number of hydrogen-bond acceptors (Lipinski definition) is 48. The molecule has 114 heavy (non-hydrogen) atoms. The fourth-order valence-corrected chi connectivity index (χ4v) is 15.2. The van der Waals surface area contributed by atoms with Gasteiger partial charge in [0.1, 0.15) is 165 Å². The zero-order valence-corrected chi connectivity index (χ0v) is 61.5. The molecule has 0 saturated carbocycles. The molecular weight excluding hydrogens is 1610 g/mol. The molecule has 22 fully saturated rings. The van der Waals surface area contributed by atoms with Crippen molar-refractivity contribution in [2.45, 2.75) is 252 Å². The first-order valence-corrected chi connectivity index (χ1v) is 37.8. The number of alkyl halides is 2. The summed E-state index contributed by atoms with van der Waals surface area (Å²) in [7, 11) is -3.93. The molecule has 1 aromatic heterocycles. The fraction of sp³-hybridized carbons (Fsp3) is 0.883. The number of phosphoric ester groups is 1. The number of carbonyl (C=O) groups is 3. The van der Waals surface area contributed by atoms with Crippen molar-refractivity contribution < 1.29 is 224 Å². The van der Waals surface area contributed by atoms with E-state index in [1.807, 2.05) is 0 Å². The van der Waals surface area contributed by atoms with Crippen molar-refractivity contribution in [3.63, 3.8) is 0 Å². The van der Waals surface area contributed by atoms with Crippen LogP contribution < -0.4 is 22.1 Å². The van der Waals surface area contributed by atoms with Crippen molar-refractivity contribution in [2.75, 3.05) is 83.9 Å². The van der Waals surface area contributed by atoms with Gasteiger partial charge in [0, 0.05) is 24.2 Å². The lowest BCUT2D eigenvalue weighted by molar-refractivity contribution is -0.431. The summed E-state index contributed by atoms with van der Waals surface area (Å²) < 4.78 is 147. The van der Waals surface area contributed by atoms with Crippen LogP contribution in [0.25, 0.3) is 0 Å². The van der Waals surface area contributed by atoms with E-state index in [2.05, 4.69) is 29.4 Å². The molecule has 25 N–H and O–H groups in total. The molecule has 54 heteroatoms. The Morgan fingerprint density at radius 2 is 1.03 bits per heavy atom. The first-order chi connectivity index (χ1) is 53.8. The molecule has 0 aliphatic carbocycles. The van der Waals surface area contributed by atoms with Crippen LogP contribution in [0.5, 0.6) is 0 Å². The van der Waals surface area contributed by atoms with Crippen LogP contribution in [0.4, 0.5) is 14.6 Å². The zero-order valence-electron chi connectivity index (χ0n) is 59.8. The Labute approximate surface area is 644 Å². The molecule has 22 saturated heterocycles. The Bertz CT molecular complexity index is 3420. The normalized spacial score (nSPS) is 45.0. The minimum atomic E-state index is -5.26. The van der Waals surface area contributed by atoms with Crippen LogP contribution in [0.1, 0.15) is 19.6 Å². The van der Waals surface area contributed by atoms with Gasteiger partial charge in [0.15, 0.2) is 56.7 Å². The van der Waals surface area contributed by atoms with Gasteiger partial charge in [0.05, 0.1) is 57.7 Å². The maximum Gasteiger partial charge on any atom is 0.475 e. The third-order valence-corrected chi connectivity index (χ3v) is 21.9. The van der Waals surface area contributed by atoms with E-state index < -0.39 is 342 Å². The molecule has 22 aliphatic rings. The molecule has 0 radical (unpaired) electrons. The predicted octanol–water partition coefficient (Wildman–Crippen LogP) is -15.5. The maximum atomic E-state index is 14.9. The lowest BCUT2D eigenvalue weighted by Crippen LogP contribution is -2.69. The quantitative estimate of drug-likeness (QED) is 0.0291. The molecule has 39 atom stereocenters. The molecule has 23 heterocycles. The summed E-state index contributed by atoms with van der Waals surface area (Å²) in [6.07, 6.45) is -75.7. The van der Waals surface area contributed by atoms with Gasteiger partial charge >= 0.3 is 31.4 Å². The highest BCUT2D eigenvalue weighted by molar-refractivity contribution is 7.99. The minimum absolute atomic E-state index is 0.263. The standard InChI is InChI=1S/C60H94F2N5O45PS/c1-17-41-28(74)39(85)56(99-17)112-59(91)15-95-50(40(86)48(59)88)107-42-19(7-68)101-54(35(81)29(42)75)111-46-24(14-114-13-18(64-2)49(89)65-5-3-26(72)94-12-27(73)96-16-98-113(92,93)97-11-23-47(87)60(61,62)57(105-23)67-6-4-25(63)66-58(67)90)104-55(38(84)33(46)79)110-45-22(10-71)103-53(37(83)32(45)78)109-44-21(9-70)102-52(36(82)31(44)77)108-43-20(8-69)100-51(106-41)34(80)30(43)76/h4,6,17-24,28-48,50-57,64,68-71,74-88,91H,3,5,7-16H2,1-2H3,(H,65,89)(H,92,93)(H2,63,66,90)/t17?,18-,19?,20?,21?,22?,23-,24?,28-,29-,30-,31-,32-,33-,34?,35?,36?,37?,38?,39?,40?,41+,42+,43+,44+,45+,46+,47-,48-,50-,51+,52+,53+,54-,55-,56+,57-,59-/m1/s1. The van der Waals surface area contributed by atoms with Crippen molar-refractivity contribution >= 4 is 43.2 Å². The first-order valence-electron chi connectivity index (χ1n) is 35.2. The second-order valence-corrected chi connectivity index (χ2v) is 30.0. The molecule has 654 valence electrons. The highest BCUT2D eigenvalue weighted by Gasteiger charge is 2.63. The number of aromatic nitrogens is 2. The van der Waals surface area contributed by atoms with Crippen LogP contribution in [0.15, 0.2) is 17.1 Å². The molecule has 1 aromatic rings. The van der Waals surface area contributed by atoms with Crippen molar-refractivity contribution in [3.8, 4) is 0 Å². The zero-order chi connectivity index (χ0) is 83.5. The molecule has 22 aliphatic heterocycles. The highest BCUT2D eigenvalue weighted by Crippen LogP contribution is 2.48. The van der Waals surface area contributed by atoms with E-state index in [9.17, 15) is 140 Å². The summed E-state index contributed by atoms with van der Waals surface area (Å²) in [6, 6.07) is -0.209. The van der Waals surface area contributed by atoms with E-state index in [1.54, 1.807) is 0 Å². The fourth-order valence-electron chi connectivity index (χ4n) is 13.4. The van der Waals surface area contributed by atoms with E-state index in [-0.39, 0.29) is 11.6 Å². The topological polar surface area (TPSA) is 753 Å². The Morgan fingerprint density at radius 1 is 0.588 bits per heavy atom. The Hall–Kier alpha value is -4.03. The number of nitrogens with two attached hydrogens (primary N) is 1. The van der Waals surface area contributed by atoms with Gasteiger partial charge in [-0.25, -0.2) is 18.7 Å². The maximum absolute atomic E-state index is 14.9. The number of nitrogens with zero attached hydrogens (tertiary/aromatic N) is 2. The SMILES string of the molecule is CN[C@H](CSCC1O[C@@H]2O[C@H]3C(CO)O[C@@H](O[C@H]4C(CO)O[C@@H](O[C@H]5C(CO)O[C@@H](O[C@H]6C(C)O[C@@H](O[C@]7(O)CO[C@H](O[C@H]8C(CO)O[C@H](O[C@@H]1[C@H](O)C2O)C(O)[C@H]8O)C(O)[C@H]7O)C(O)[C@H]6O)C(O)[C@H]5O)C(O)[C@H]4O)C(O)[C@H]3O)C(=O)NCCC(=O)OCC(=O)OCOP(=O)(O)OC[C@H]1O[C@@H](n2ccc(N)nc2=O)C(F)(F)[C@@H]1O. The molecule has 0 aromatic carbocycles. The smallest absolute Gasteiger partial charge is 0.454 e. The Morgan fingerprint density at radius 3 is 1.49 bits per heavy atom. The van der Waals surface area contributed by atoms with E-state index in [0.29, 0.717) is 4.57 Å². The number of phosphoric acid groups is 1. The van der Waals surface area contributed by atoms with Gasteiger partial charge < -0.3 is 204 Å². The summed E-state index contributed by atoms with van der Waals surface area (Å²) in [5.41, 5.74) is 4.10. The van der Waals surface area contributed by atoms with Gasteiger partial charge in [-0.05, 0) is 20.0 Å². The third-order valence-electron chi connectivity index (χ3n) is 19.8. The van der Waals surface area contributed by atoms with Crippen molar-refractivity contribution in [1.29, 1.82) is 0 Å². The van der Waals surface area contributed by atoms with Gasteiger partial charge in [-0.3, -0.25) is 18.7 Å². The molecule has 23 rings (SSSR count). The number of carbonyl (C=O) groups excluding carboxylic acids is 3. The Kier molecular flexibility index (Phi) is 31.7. The number of thioether (sulfide) groups is 1. The number of hydrogen-bond donors (Lipinski definition) is 24. The van der Waals surface area contributed by atoms with Gasteiger partial charge in [0.2, 0.25) is 24.7 Å². The Balaban J connectivity index is 0.794. The lowest BCUT2D eigenvalue weighted by atomic mass is 9.95. The average molecular weight is 1710 g/mol. The number of nitrogen functional groups attached to an aromatic ring is 1. The molecule has 0 spiro atoms. The highest BCUT2D eigenvalue weighted by atomic mass is 32.2. The van der Waals surface area contributed by atoms with Gasteiger partial charge in [-0.2, -0.15) is 25.5 Å². The number of nitrogens with one attached hydrogen (secondary N) is 2. The molecule has 14 unspecified atom stereocenters. The summed E-state index contributed by atoms with van der Waals surface area (Å²) in [4.78, 5) is 63.9. The largest absolute Gasteiger partial charge is 0.475 e. The summed E-state index contributed by atoms with van der Waals surface area (Å²) in [6.45, 7) is -8.57. The van der Waals surface area contributed by atoms with Crippen molar-refractivity contribution in [3.05, 3.63) is 22.7 Å². The van der Waals surface area contributed by atoms with Crippen molar-refractivity contribution in [1.82, 2.24) is 20.2 Å². The summed E-state index contributed by atoms with van der Waals surface area (Å²) >= 11 is 0.834. The number of amides is 1. The van der Waals surface area contributed by atoms with Crippen LogP contribution in [-0.4, -0.2) is 445 Å². The van der Waals surface area contributed by atoms with Crippen LogP contribution in [0.3, 0.4) is 0 Å². The van der Waals surface area contributed by atoms with Crippen LogP contribution in [-0.2, 0) is 109 Å². The second kappa shape index (κ2) is 39.2. The number of halogens is 2. The average Bonchev–Trinajstić information content (AvgIpc) is 1.61. The van der Waals surface area contributed by atoms with E-state index in [0.717, 1.165) is 24.0 Å². The van der Waals surface area contributed by atoms with Crippen molar-refractivity contribution in [2.24, 2.45) is 0 Å². The molecular formula is C60H94F2N5O45PS. The molecule has 14 bridgehead atoms. The van der Waals surface area contributed by atoms with E-state index >= 15 is 0 Å². The molecule has 50 nitrogen and oxygen atoms in total. The van der Waals surface area contributed by atoms with E-state index in [4.69, 9.17) is 81.5 Å². The summed E-state index contributed by atoms with van der Waals surface area (Å²) in [5, 5.41) is 231. The number of aliphatic hydroxyl groups excluding tert-OH is 19. The number of likely N-dealkylation sites (N-methyl/N-ethyl adjacent to an activating group) is 1. The lowest BCUT2D eigenvalue weighted by Gasteiger charge is -2.50. The van der Waals surface area contributed by atoms with Crippen LogP contribution in [0, 0.1) is 0 Å². The summed E-state index contributed by atoms with van der Waals surface area (Å²) in [5.74, 6) is -11.6. The second-order valence-electron chi connectivity index (χ2n) is 27.5. The monoisotopic (exact) mass is 1710 g/mol. The van der Waals surface area contributed by atoms with Gasteiger partial charge in [0.25, 0.3) is 0 Å². The molecule has 1 amide bonds. The van der Waals surface area contributed by atoms with Gasteiger partial charge in [-0.15, -0.1) is 0 Å². The third kappa shape index (κ3) is 20.4. The number of anilines is 1. The van der Waals surface area contributed by atoms with Crippen LogP contribution >= 0.6 is 19.6 Å². The number of esters is 2. The minimum Gasteiger partial charge on any atom is -0.454 e. The number of rotatable bonds is 22. The van der Waals surface area contributed by atoms with Crippen LogP contribution in [0.2, 0.25) is 0 Å². The first kappa shape index (κ1) is 92.3. The number of ether oxygens (including phenoxy) is 17.